The fourth-order valence-electron chi connectivity index (χ4n) is 4.79. The van der Waals surface area contributed by atoms with Crippen LogP contribution in [-0.2, 0) is 29.5 Å². The zero-order valence-electron chi connectivity index (χ0n) is 19.8. The number of nitrogens with one attached hydrogen (secondary N) is 1. The quantitative estimate of drug-likeness (QED) is 0.527. The van der Waals surface area contributed by atoms with E-state index in [4.69, 9.17) is 0 Å². The van der Waals surface area contributed by atoms with E-state index in [-0.39, 0.29) is 16.8 Å². The molecule has 0 bridgehead atoms. The first kappa shape index (κ1) is 24.1. The van der Waals surface area contributed by atoms with Crippen LogP contribution in [0.2, 0.25) is 0 Å². The van der Waals surface area contributed by atoms with Gasteiger partial charge in [-0.25, -0.2) is 13.4 Å². The number of hydrogen-bond acceptors (Lipinski definition) is 6. The number of anilines is 1. The SMILES string of the molecule is C[C@@H]1CCCCN1S(=O)(=O)c1ccc(C(=O)Nc2nc3c(s2)CN(Cc2ccccc2)CC3)cc1. The summed E-state index contributed by atoms with van der Waals surface area (Å²) >= 11 is 1.51. The van der Waals surface area contributed by atoms with Gasteiger partial charge >= 0.3 is 0 Å². The van der Waals surface area contributed by atoms with E-state index in [1.165, 1.54) is 33.9 Å². The van der Waals surface area contributed by atoms with Gasteiger partial charge in [0.1, 0.15) is 0 Å². The fraction of sp³-hybridized carbons (Fsp3) is 0.385. The molecule has 2 aromatic carbocycles. The number of piperidine rings is 1. The van der Waals surface area contributed by atoms with Crippen LogP contribution in [0.1, 0.15) is 52.7 Å². The van der Waals surface area contributed by atoms with E-state index in [1.54, 1.807) is 16.4 Å². The van der Waals surface area contributed by atoms with Crippen molar-refractivity contribution in [3.8, 4) is 0 Å². The van der Waals surface area contributed by atoms with Crippen LogP contribution >= 0.6 is 11.3 Å². The third-order valence-electron chi connectivity index (χ3n) is 6.74. The Morgan fingerprint density at radius 2 is 1.86 bits per heavy atom. The molecule has 1 N–H and O–H groups in total. The van der Waals surface area contributed by atoms with Crippen molar-refractivity contribution in [2.45, 2.75) is 56.6 Å². The summed E-state index contributed by atoms with van der Waals surface area (Å²) in [6.07, 6.45) is 3.67. The normalized spacial score (nSPS) is 19.3. The molecule has 1 atom stereocenters. The number of sulfonamides is 1. The molecule has 184 valence electrons. The molecule has 2 aliphatic heterocycles. The largest absolute Gasteiger partial charge is 0.298 e. The third kappa shape index (κ3) is 5.33. The molecule has 35 heavy (non-hydrogen) atoms. The third-order valence-corrected chi connectivity index (χ3v) is 9.77. The number of carbonyl (C=O) groups is 1. The van der Waals surface area contributed by atoms with Crippen LogP contribution in [-0.4, -0.2) is 47.6 Å². The summed E-state index contributed by atoms with van der Waals surface area (Å²) in [5, 5.41) is 3.48. The summed E-state index contributed by atoms with van der Waals surface area (Å²) in [7, 11) is -3.56. The molecule has 0 aliphatic carbocycles. The van der Waals surface area contributed by atoms with Crippen LogP contribution < -0.4 is 5.32 Å². The molecule has 1 saturated heterocycles. The topological polar surface area (TPSA) is 82.6 Å². The van der Waals surface area contributed by atoms with E-state index in [9.17, 15) is 13.2 Å². The highest BCUT2D eigenvalue weighted by Crippen LogP contribution is 2.30. The maximum Gasteiger partial charge on any atom is 0.257 e. The number of benzene rings is 2. The Bertz CT molecular complexity index is 1290. The van der Waals surface area contributed by atoms with Crippen LogP contribution in [0.15, 0.2) is 59.5 Å². The molecule has 3 aromatic rings. The second-order valence-corrected chi connectivity index (χ2v) is 12.2. The van der Waals surface area contributed by atoms with Gasteiger partial charge in [0.25, 0.3) is 5.91 Å². The maximum absolute atomic E-state index is 13.0. The lowest BCUT2D eigenvalue weighted by Gasteiger charge is -2.32. The second-order valence-electron chi connectivity index (χ2n) is 9.27. The van der Waals surface area contributed by atoms with E-state index in [2.05, 4.69) is 39.5 Å². The molecule has 2 aliphatic rings. The van der Waals surface area contributed by atoms with Gasteiger partial charge in [0, 0.05) is 49.1 Å². The van der Waals surface area contributed by atoms with E-state index in [0.717, 1.165) is 51.0 Å². The average molecular weight is 511 g/mol. The molecule has 1 aromatic heterocycles. The fourth-order valence-corrected chi connectivity index (χ4v) is 7.54. The van der Waals surface area contributed by atoms with Crippen molar-refractivity contribution >= 4 is 32.4 Å². The number of thiazole rings is 1. The highest BCUT2D eigenvalue weighted by Gasteiger charge is 2.31. The molecule has 5 rings (SSSR count). The standard InChI is InChI=1S/C26H30N4O3S2/c1-19-7-5-6-15-30(19)35(32,33)22-12-10-21(11-13-22)25(31)28-26-27-23-14-16-29(18-24(23)34-26)17-20-8-3-2-4-9-20/h2-4,8-13,19H,5-7,14-18H2,1H3,(H,27,28,31)/t19-/m1/s1. The van der Waals surface area contributed by atoms with E-state index in [0.29, 0.717) is 17.2 Å². The van der Waals surface area contributed by atoms with Crippen LogP contribution in [0.5, 0.6) is 0 Å². The van der Waals surface area contributed by atoms with Crippen molar-refractivity contribution in [3.05, 3.63) is 76.3 Å². The summed E-state index contributed by atoms with van der Waals surface area (Å²) in [4.78, 5) is 21.3. The lowest BCUT2D eigenvalue weighted by molar-refractivity contribution is 0.102. The molecule has 0 spiro atoms. The minimum absolute atomic E-state index is 0.00345. The first-order chi connectivity index (χ1) is 16.9. The van der Waals surface area contributed by atoms with Gasteiger partial charge in [-0.05, 0) is 49.6 Å². The molecule has 0 unspecified atom stereocenters. The summed E-state index contributed by atoms with van der Waals surface area (Å²) in [5.74, 6) is -0.285. The van der Waals surface area contributed by atoms with Gasteiger partial charge in [0.2, 0.25) is 10.0 Å². The summed E-state index contributed by atoms with van der Waals surface area (Å²) in [6.45, 7) is 5.14. The summed E-state index contributed by atoms with van der Waals surface area (Å²) < 4.78 is 27.7. The smallest absolute Gasteiger partial charge is 0.257 e. The lowest BCUT2D eigenvalue weighted by Crippen LogP contribution is -2.41. The molecular formula is C26H30N4O3S2. The summed E-state index contributed by atoms with van der Waals surface area (Å²) in [5.41, 5.74) is 2.75. The van der Waals surface area contributed by atoms with Gasteiger partial charge in [-0.1, -0.05) is 36.8 Å². The number of fused-ring (bicyclic) bond motifs is 1. The maximum atomic E-state index is 13.0. The number of hydrogen-bond donors (Lipinski definition) is 1. The second kappa shape index (κ2) is 10.2. The number of aromatic nitrogens is 1. The van der Waals surface area contributed by atoms with Gasteiger partial charge in [0.15, 0.2) is 5.13 Å². The molecule has 9 heteroatoms. The zero-order chi connectivity index (χ0) is 24.4. The Morgan fingerprint density at radius 1 is 1.09 bits per heavy atom. The monoisotopic (exact) mass is 510 g/mol. The van der Waals surface area contributed by atoms with Gasteiger partial charge < -0.3 is 0 Å². The van der Waals surface area contributed by atoms with Crippen LogP contribution in [0, 0.1) is 0 Å². The minimum Gasteiger partial charge on any atom is -0.298 e. The van der Waals surface area contributed by atoms with Gasteiger partial charge in [-0.15, -0.1) is 11.3 Å². The Balaban J connectivity index is 1.23. The first-order valence-corrected chi connectivity index (χ1v) is 14.3. The van der Waals surface area contributed by atoms with Crippen molar-refractivity contribution in [3.63, 3.8) is 0 Å². The molecular weight excluding hydrogens is 480 g/mol. The van der Waals surface area contributed by atoms with E-state index in [1.807, 2.05) is 13.0 Å². The first-order valence-electron chi connectivity index (χ1n) is 12.1. The molecule has 3 heterocycles. The molecule has 0 saturated carbocycles. The van der Waals surface area contributed by atoms with E-state index < -0.39 is 10.0 Å². The Kier molecular flexibility index (Phi) is 7.02. The lowest BCUT2D eigenvalue weighted by atomic mass is 10.1. The van der Waals surface area contributed by atoms with Crippen LogP contribution in [0.4, 0.5) is 5.13 Å². The van der Waals surface area contributed by atoms with Crippen molar-refractivity contribution < 1.29 is 13.2 Å². The highest BCUT2D eigenvalue weighted by atomic mass is 32.2. The average Bonchev–Trinajstić information content (AvgIpc) is 3.26. The van der Waals surface area contributed by atoms with Gasteiger partial charge in [0.05, 0.1) is 10.6 Å². The number of carbonyl (C=O) groups excluding carboxylic acids is 1. The number of amides is 1. The molecule has 1 fully saturated rings. The molecule has 0 radical (unpaired) electrons. The van der Waals surface area contributed by atoms with Gasteiger partial charge in [-0.2, -0.15) is 4.31 Å². The van der Waals surface area contributed by atoms with Crippen molar-refractivity contribution in [2.24, 2.45) is 0 Å². The number of rotatable bonds is 6. The summed E-state index contributed by atoms with van der Waals surface area (Å²) in [6, 6.07) is 16.6. The van der Waals surface area contributed by atoms with Crippen molar-refractivity contribution in [2.75, 3.05) is 18.4 Å². The van der Waals surface area contributed by atoms with Gasteiger partial charge in [-0.3, -0.25) is 15.0 Å². The highest BCUT2D eigenvalue weighted by molar-refractivity contribution is 7.89. The Labute approximate surface area is 210 Å². The van der Waals surface area contributed by atoms with Crippen molar-refractivity contribution in [1.82, 2.24) is 14.2 Å². The minimum atomic E-state index is -3.56. The predicted molar refractivity (Wildman–Crippen MR) is 138 cm³/mol. The van der Waals surface area contributed by atoms with E-state index >= 15 is 0 Å². The number of nitrogens with zero attached hydrogens (tertiary/aromatic N) is 3. The van der Waals surface area contributed by atoms with Crippen LogP contribution in [0.3, 0.4) is 0 Å². The van der Waals surface area contributed by atoms with Crippen LogP contribution in [0.25, 0.3) is 0 Å². The predicted octanol–water partition coefficient (Wildman–Crippen LogP) is 4.52. The molecule has 1 amide bonds. The van der Waals surface area contributed by atoms with Crippen molar-refractivity contribution in [1.29, 1.82) is 0 Å². The Morgan fingerprint density at radius 3 is 2.60 bits per heavy atom. The Hall–Kier alpha value is -2.59. The zero-order valence-corrected chi connectivity index (χ0v) is 21.4. The molecule has 7 nitrogen and oxygen atoms in total.